The predicted molar refractivity (Wildman–Crippen MR) is 118 cm³/mol. The van der Waals surface area contributed by atoms with E-state index >= 15 is 0 Å². The highest BCUT2D eigenvalue weighted by Gasteiger charge is 2.41. The zero-order chi connectivity index (χ0) is 24.5. The monoisotopic (exact) mass is 490 g/mol. The Labute approximate surface area is 194 Å². The Morgan fingerprint density at radius 2 is 1.47 bits per heavy atom. The predicted octanol–water partition coefficient (Wildman–Crippen LogP) is 4.55. The number of nitrogens with zero attached hydrogens (tertiary/aromatic N) is 2. The highest BCUT2D eigenvalue weighted by molar-refractivity contribution is 7.89. The van der Waals surface area contributed by atoms with Crippen LogP contribution in [0.25, 0.3) is 11.1 Å². The molecule has 1 heterocycles. The Morgan fingerprint density at radius 3 is 1.97 bits per heavy atom. The lowest BCUT2D eigenvalue weighted by Gasteiger charge is -2.27. The number of hydrogen-bond donors (Lipinski definition) is 1. The molecule has 1 aliphatic rings. The number of rotatable bonds is 6. The van der Waals surface area contributed by atoms with E-state index in [1.807, 2.05) is 0 Å². The average molecular weight is 491 g/mol. The third-order valence-corrected chi connectivity index (χ3v) is 7.56. The molecular formula is C24H21F3N2O4S. The van der Waals surface area contributed by atoms with Crippen molar-refractivity contribution in [1.82, 2.24) is 9.37 Å². The van der Waals surface area contributed by atoms with E-state index < -0.39 is 33.7 Å². The van der Waals surface area contributed by atoms with Crippen LogP contribution in [-0.2, 0) is 27.5 Å². The van der Waals surface area contributed by atoms with E-state index in [4.69, 9.17) is 0 Å². The van der Waals surface area contributed by atoms with Crippen molar-refractivity contribution in [3.05, 3.63) is 90.0 Å². The fourth-order valence-electron chi connectivity index (χ4n) is 3.85. The third-order valence-electron chi connectivity index (χ3n) is 5.69. The fourth-order valence-corrected chi connectivity index (χ4v) is 5.45. The molecule has 1 N–H and O–H groups in total. The van der Waals surface area contributed by atoms with E-state index in [9.17, 15) is 31.6 Å². The van der Waals surface area contributed by atoms with Crippen molar-refractivity contribution in [2.45, 2.75) is 30.1 Å². The first-order valence-electron chi connectivity index (χ1n) is 10.4. The van der Waals surface area contributed by atoms with Gasteiger partial charge >= 0.3 is 6.18 Å². The van der Waals surface area contributed by atoms with Gasteiger partial charge in [-0.2, -0.15) is 17.5 Å². The molecule has 4 rings (SSSR count). The van der Waals surface area contributed by atoms with Crippen LogP contribution in [0.1, 0.15) is 17.5 Å². The number of carbonyl (C=O) groups excluding carboxylic acids is 1. The number of carbonyl (C=O) groups is 1. The maximum atomic E-state index is 13.5. The standard InChI is InChI=1S/C24H21F3N2O4S/c25-24(26,27)20-10-6-18(7-11-20)19-8-12-21(13-9-19)34(32,33)29(16-17-4-2-1-3-5-17)22-14-15-28(31)23(22)30/h1-13,22,31H,14-16H2/t22-/m1/s1. The molecule has 0 bridgehead atoms. The maximum Gasteiger partial charge on any atom is 0.416 e. The molecule has 0 radical (unpaired) electrons. The minimum Gasteiger partial charge on any atom is -0.286 e. The van der Waals surface area contributed by atoms with E-state index in [0.29, 0.717) is 21.8 Å². The van der Waals surface area contributed by atoms with Gasteiger partial charge < -0.3 is 0 Å². The van der Waals surface area contributed by atoms with Crippen LogP contribution in [0.2, 0.25) is 0 Å². The Bertz CT molecular complexity index is 1260. The topological polar surface area (TPSA) is 77.9 Å². The Balaban J connectivity index is 1.64. The van der Waals surface area contributed by atoms with E-state index in [0.717, 1.165) is 16.4 Å². The molecule has 178 valence electrons. The minimum absolute atomic E-state index is 0.0250. The first kappa shape index (κ1) is 23.9. The molecule has 6 nitrogen and oxygen atoms in total. The summed E-state index contributed by atoms with van der Waals surface area (Å²) in [6, 6.07) is 18.0. The number of benzene rings is 3. The van der Waals surface area contributed by atoms with Gasteiger partial charge in [0.25, 0.3) is 5.91 Å². The second-order valence-corrected chi connectivity index (χ2v) is 9.79. The Kier molecular flexibility index (Phi) is 6.48. The van der Waals surface area contributed by atoms with Crippen LogP contribution < -0.4 is 0 Å². The number of amides is 1. The van der Waals surface area contributed by atoms with Crippen molar-refractivity contribution in [3.8, 4) is 11.1 Å². The zero-order valence-corrected chi connectivity index (χ0v) is 18.6. The lowest BCUT2D eigenvalue weighted by atomic mass is 10.0. The van der Waals surface area contributed by atoms with Gasteiger partial charge in [-0.05, 0) is 47.4 Å². The van der Waals surface area contributed by atoms with Crippen LogP contribution in [0.4, 0.5) is 13.2 Å². The summed E-state index contributed by atoms with van der Waals surface area (Å²) in [5.41, 5.74) is 0.948. The molecule has 0 aromatic heterocycles. The molecular weight excluding hydrogens is 469 g/mol. The summed E-state index contributed by atoms with van der Waals surface area (Å²) in [6.45, 7) is -0.0365. The lowest BCUT2D eigenvalue weighted by molar-refractivity contribution is -0.159. The molecule has 10 heteroatoms. The number of hydrogen-bond acceptors (Lipinski definition) is 4. The quantitative estimate of drug-likeness (QED) is 0.514. The summed E-state index contributed by atoms with van der Waals surface area (Å²) in [5.74, 6) is -0.694. The van der Waals surface area contributed by atoms with E-state index in [-0.39, 0.29) is 24.4 Å². The normalized spacial score (nSPS) is 16.9. The fraction of sp³-hybridized carbons (Fsp3) is 0.208. The molecule has 1 amide bonds. The highest BCUT2D eigenvalue weighted by atomic mass is 32.2. The lowest BCUT2D eigenvalue weighted by Crippen LogP contribution is -2.44. The molecule has 34 heavy (non-hydrogen) atoms. The van der Waals surface area contributed by atoms with Gasteiger partial charge in [0.15, 0.2) is 0 Å². The van der Waals surface area contributed by atoms with Crippen LogP contribution in [0.5, 0.6) is 0 Å². The molecule has 1 aliphatic heterocycles. The molecule has 0 unspecified atom stereocenters. The van der Waals surface area contributed by atoms with E-state index in [2.05, 4.69) is 0 Å². The molecule has 1 fully saturated rings. The summed E-state index contributed by atoms with van der Waals surface area (Å²) in [5, 5.41) is 10.3. The zero-order valence-electron chi connectivity index (χ0n) is 17.8. The number of alkyl halides is 3. The van der Waals surface area contributed by atoms with Crippen LogP contribution in [-0.4, -0.2) is 41.5 Å². The van der Waals surface area contributed by atoms with Crippen LogP contribution in [0, 0.1) is 0 Å². The maximum absolute atomic E-state index is 13.5. The molecule has 0 saturated carbocycles. The van der Waals surface area contributed by atoms with Gasteiger partial charge in [0.05, 0.1) is 17.0 Å². The van der Waals surface area contributed by atoms with Gasteiger partial charge in [-0.3, -0.25) is 10.0 Å². The number of hydroxylamine groups is 2. The van der Waals surface area contributed by atoms with Gasteiger partial charge in [-0.25, -0.2) is 13.5 Å². The smallest absolute Gasteiger partial charge is 0.286 e. The molecule has 0 aliphatic carbocycles. The van der Waals surface area contributed by atoms with Crippen molar-refractivity contribution in [1.29, 1.82) is 0 Å². The van der Waals surface area contributed by atoms with Crippen molar-refractivity contribution >= 4 is 15.9 Å². The second-order valence-electron chi connectivity index (χ2n) is 7.90. The SMILES string of the molecule is O=C1[C@H](N(Cc2ccccc2)S(=O)(=O)c2ccc(-c3ccc(C(F)(F)F)cc3)cc2)CCN1O. The van der Waals surface area contributed by atoms with Gasteiger partial charge in [0.1, 0.15) is 6.04 Å². The second kappa shape index (κ2) is 9.21. The largest absolute Gasteiger partial charge is 0.416 e. The molecule has 0 spiro atoms. The van der Waals surface area contributed by atoms with Crippen molar-refractivity contribution in [2.24, 2.45) is 0 Å². The molecule has 3 aromatic rings. The van der Waals surface area contributed by atoms with Crippen molar-refractivity contribution in [2.75, 3.05) is 6.54 Å². The molecule has 1 atom stereocenters. The average Bonchev–Trinajstić information content (AvgIpc) is 3.15. The van der Waals surface area contributed by atoms with E-state index in [1.165, 1.54) is 36.4 Å². The summed E-state index contributed by atoms with van der Waals surface area (Å²) < 4.78 is 66.5. The van der Waals surface area contributed by atoms with Crippen LogP contribution in [0.3, 0.4) is 0 Å². The first-order chi connectivity index (χ1) is 16.1. The van der Waals surface area contributed by atoms with Crippen LogP contribution in [0.15, 0.2) is 83.8 Å². The third kappa shape index (κ3) is 4.84. The molecule has 1 saturated heterocycles. The van der Waals surface area contributed by atoms with Crippen molar-refractivity contribution < 1.29 is 31.6 Å². The highest BCUT2D eigenvalue weighted by Crippen LogP contribution is 2.32. The Morgan fingerprint density at radius 1 is 0.912 bits per heavy atom. The van der Waals surface area contributed by atoms with Crippen molar-refractivity contribution in [3.63, 3.8) is 0 Å². The summed E-state index contributed by atoms with van der Waals surface area (Å²) in [6.07, 6.45) is -4.30. The summed E-state index contributed by atoms with van der Waals surface area (Å²) in [7, 11) is -4.14. The minimum atomic E-state index is -4.44. The van der Waals surface area contributed by atoms with Gasteiger partial charge in [-0.1, -0.05) is 54.6 Å². The van der Waals surface area contributed by atoms with Gasteiger partial charge in [0.2, 0.25) is 10.0 Å². The van der Waals surface area contributed by atoms with Gasteiger partial charge in [-0.15, -0.1) is 0 Å². The first-order valence-corrected chi connectivity index (χ1v) is 11.8. The summed E-state index contributed by atoms with van der Waals surface area (Å²) in [4.78, 5) is 12.4. The van der Waals surface area contributed by atoms with Crippen LogP contribution >= 0.6 is 0 Å². The van der Waals surface area contributed by atoms with E-state index in [1.54, 1.807) is 30.3 Å². The molecule has 3 aromatic carbocycles. The van der Waals surface area contributed by atoms with Gasteiger partial charge in [0, 0.05) is 6.54 Å². The number of sulfonamides is 1. The number of halogens is 3. The Hall–Kier alpha value is -3.21. The summed E-state index contributed by atoms with van der Waals surface area (Å²) >= 11 is 0.